The molecule has 29 heavy (non-hydrogen) atoms. The van der Waals surface area contributed by atoms with Crippen molar-refractivity contribution in [2.75, 3.05) is 52.4 Å². The summed E-state index contributed by atoms with van der Waals surface area (Å²) in [4.78, 5) is 11.9. The molecule has 0 saturated carbocycles. The van der Waals surface area contributed by atoms with Crippen LogP contribution in [0.4, 0.5) is 0 Å². The Morgan fingerprint density at radius 2 is 1.55 bits per heavy atom. The maximum absolute atomic E-state index is 5.64. The second kappa shape index (κ2) is 12.4. The van der Waals surface area contributed by atoms with Gasteiger partial charge in [0.05, 0.1) is 0 Å². The Hall–Kier alpha value is -1.31. The second-order valence-corrected chi connectivity index (χ2v) is 8.79. The Labute approximate surface area is 184 Å². The van der Waals surface area contributed by atoms with Crippen LogP contribution in [0.25, 0.3) is 0 Å². The first kappa shape index (κ1) is 22.4. The summed E-state index contributed by atoms with van der Waals surface area (Å²) in [7, 11) is 0. The van der Waals surface area contributed by atoms with Crippen molar-refractivity contribution in [3.05, 3.63) is 64.4 Å². The van der Waals surface area contributed by atoms with Crippen LogP contribution < -0.4 is 5.73 Å². The molecule has 0 radical (unpaired) electrons. The van der Waals surface area contributed by atoms with Crippen LogP contribution in [0.3, 0.4) is 0 Å². The zero-order valence-electron chi connectivity index (χ0n) is 17.3. The maximum atomic E-state index is 5.64. The van der Waals surface area contributed by atoms with Crippen LogP contribution in [0.15, 0.2) is 53.3 Å². The number of hydrogen-bond donors (Lipinski definition) is 1. The van der Waals surface area contributed by atoms with E-state index in [9.17, 15) is 0 Å². The normalized spacial score (nSPS) is 15.8. The summed E-state index contributed by atoms with van der Waals surface area (Å²) in [6, 6.07) is 12.9. The average molecular weight is 460 g/mol. The zero-order chi connectivity index (χ0) is 20.3. The third-order valence-electron chi connectivity index (χ3n) is 5.54. The van der Waals surface area contributed by atoms with E-state index in [2.05, 4.69) is 72.0 Å². The molecule has 158 valence electrons. The molecular formula is C23H34BrN5. The van der Waals surface area contributed by atoms with Crippen LogP contribution in [-0.4, -0.2) is 72.0 Å². The van der Waals surface area contributed by atoms with Gasteiger partial charge >= 0.3 is 0 Å². The Morgan fingerprint density at radius 3 is 2.21 bits per heavy atom. The van der Waals surface area contributed by atoms with E-state index >= 15 is 0 Å². The third kappa shape index (κ3) is 8.15. The highest BCUT2D eigenvalue weighted by Crippen LogP contribution is 2.15. The zero-order valence-corrected chi connectivity index (χ0v) is 18.9. The molecule has 0 atom stereocenters. The van der Waals surface area contributed by atoms with Crippen molar-refractivity contribution < 1.29 is 0 Å². The molecule has 2 heterocycles. The standard InChI is InChI=1S/C23H34BrN5/c24-23-5-1-4-22(18-23)20-29(19-21-6-9-26-10-7-21)13-3-12-28-16-14-27(15-17-28)11-2-8-25/h1,4-7,9-10,18H,2-3,8,11-17,19-20,25H2. The fraction of sp³-hybridized carbons (Fsp3) is 0.522. The minimum atomic E-state index is 0.797. The number of benzene rings is 1. The molecule has 0 aliphatic carbocycles. The van der Waals surface area contributed by atoms with Gasteiger partial charge in [0.1, 0.15) is 0 Å². The molecule has 1 aromatic heterocycles. The van der Waals surface area contributed by atoms with E-state index in [1.807, 2.05) is 12.4 Å². The lowest BCUT2D eigenvalue weighted by Gasteiger charge is -2.35. The Balaban J connectivity index is 1.48. The highest BCUT2D eigenvalue weighted by molar-refractivity contribution is 9.10. The van der Waals surface area contributed by atoms with E-state index in [4.69, 9.17) is 5.73 Å². The molecule has 6 heteroatoms. The summed E-state index contributed by atoms with van der Waals surface area (Å²) in [6.07, 6.45) is 6.08. The van der Waals surface area contributed by atoms with E-state index in [0.717, 1.165) is 43.6 Å². The third-order valence-corrected chi connectivity index (χ3v) is 6.04. The van der Waals surface area contributed by atoms with Crippen LogP contribution in [0.5, 0.6) is 0 Å². The van der Waals surface area contributed by atoms with Gasteiger partial charge in [-0.2, -0.15) is 0 Å². The van der Waals surface area contributed by atoms with E-state index in [-0.39, 0.29) is 0 Å². The van der Waals surface area contributed by atoms with Crippen molar-refractivity contribution in [3.8, 4) is 0 Å². The van der Waals surface area contributed by atoms with Gasteiger partial charge in [-0.15, -0.1) is 0 Å². The van der Waals surface area contributed by atoms with E-state index in [0.29, 0.717) is 0 Å². The number of nitrogens with two attached hydrogens (primary N) is 1. The SMILES string of the molecule is NCCCN1CCN(CCCN(Cc2ccncc2)Cc2cccc(Br)c2)CC1. The van der Waals surface area contributed by atoms with Crippen molar-refractivity contribution >= 4 is 15.9 Å². The minimum absolute atomic E-state index is 0.797. The van der Waals surface area contributed by atoms with Crippen LogP contribution in [0.1, 0.15) is 24.0 Å². The number of halogens is 1. The molecule has 1 aliphatic rings. The van der Waals surface area contributed by atoms with Gasteiger partial charge in [-0.25, -0.2) is 0 Å². The van der Waals surface area contributed by atoms with Crippen molar-refractivity contribution in [1.29, 1.82) is 0 Å². The second-order valence-electron chi connectivity index (χ2n) is 7.88. The number of aromatic nitrogens is 1. The predicted molar refractivity (Wildman–Crippen MR) is 124 cm³/mol. The highest BCUT2D eigenvalue weighted by Gasteiger charge is 2.16. The Bertz CT molecular complexity index is 703. The number of rotatable bonds is 11. The monoisotopic (exact) mass is 459 g/mol. The minimum Gasteiger partial charge on any atom is -0.330 e. The molecule has 0 unspecified atom stereocenters. The smallest absolute Gasteiger partial charge is 0.0271 e. The van der Waals surface area contributed by atoms with Crippen molar-refractivity contribution in [2.24, 2.45) is 5.73 Å². The summed E-state index contributed by atoms with van der Waals surface area (Å²) < 4.78 is 1.14. The number of pyridine rings is 1. The van der Waals surface area contributed by atoms with Crippen molar-refractivity contribution in [3.63, 3.8) is 0 Å². The van der Waals surface area contributed by atoms with Gasteiger partial charge in [-0.05, 0) is 67.9 Å². The van der Waals surface area contributed by atoms with Crippen LogP contribution in [0.2, 0.25) is 0 Å². The van der Waals surface area contributed by atoms with E-state index in [1.54, 1.807) is 0 Å². The Kier molecular flexibility index (Phi) is 9.57. The molecule has 1 fully saturated rings. The van der Waals surface area contributed by atoms with Gasteiger partial charge in [0.2, 0.25) is 0 Å². The number of piperazine rings is 1. The molecule has 1 aromatic carbocycles. The summed E-state index contributed by atoms with van der Waals surface area (Å²) in [5, 5.41) is 0. The van der Waals surface area contributed by atoms with Gasteiger partial charge in [-0.3, -0.25) is 9.88 Å². The lowest BCUT2D eigenvalue weighted by Crippen LogP contribution is -2.47. The van der Waals surface area contributed by atoms with E-state index in [1.165, 1.54) is 50.3 Å². The van der Waals surface area contributed by atoms with Crippen LogP contribution >= 0.6 is 15.9 Å². The average Bonchev–Trinajstić information content (AvgIpc) is 2.74. The summed E-state index contributed by atoms with van der Waals surface area (Å²) >= 11 is 3.60. The van der Waals surface area contributed by atoms with Gasteiger partial charge in [-0.1, -0.05) is 28.1 Å². The van der Waals surface area contributed by atoms with Crippen LogP contribution in [-0.2, 0) is 13.1 Å². The lowest BCUT2D eigenvalue weighted by molar-refractivity contribution is 0.125. The van der Waals surface area contributed by atoms with Gasteiger partial charge in [0, 0.05) is 62.7 Å². The fourth-order valence-corrected chi connectivity index (χ4v) is 4.37. The molecule has 2 N–H and O–H groups in total. The van der Waals surface area contributed by atoms with Gasteiger partial charge in [0.15, 0.2) is 0 Å². The first-order chi connectivity index (χ1) is 14.2. The van der Waals surface area contributed by atoms with Gasteiger partial charge in [0.25, 0.3) is 0 Å². The molecule has 2 aromatic rings. The highest BCUT2D eigenvalue weighted by atomic mass is 79.9. The molecule has 3 rings (SSSR count). The summed E-state index contributed by atoms with van der Waals surface area (Å²) in [6.45, 7) is 10.9. The lowest BCUT2D eigenvalue weighted by atomic mass is 10.1. The molecule has 5 nitrogen and oxygen atoms in total. The first-order valence-corrected chi connectivity index (χ1v) is 11.5. The molecule has 0 amide bonds. The maximum Gasteiger partial charge on any atom is 0.0271 e. The van der Waals surface area contributed by atoms with Crippen molar-refractivity contribution in [2.45, 2.75) is 25.9 Å². The van der Waals surface area contributed by atoms with E-state index < -0.39 is 0 Å². The fourth-order valence-electron chi connectivity index (χ4n) is 3.92. The summed E-state index contributed by atoms with van der Waals surface area (Å²) in [5.74, 6) is 0. The number of hydrogen-bond acceptors (Lipinski definition) is 5. The topological polar surface area (TPSA) is 48.6 Å². The summed E-state index contributed by atoms with van der Waals surface area (Å²) in [5.41, 5.74) is 8.31. The molecular weight excluding hydrogens is 426 g/mol. The first-order valence-electron chi connectivity index (χ1n) is 10.7. The predicted octanol–water partition coefficient (Wildman–Crippen LogP) is 3.20. The molecule has 1 aliphatic heterocycles. The van der Waals surface area contributed by atoms with Crippen LogP contribution in [0, 0.1) is 0 Å². The number of nitrogens with zero attached hydrogens (tertiary/aromatic N) is 4. The van der Waals surface area contributed by atoms with Gasteiger partial charge < -0.3 is 15.5 Å². The largest absolute Gasteiger partial charge is 0.330 e. The molecule has 0 bridgehead atoms. The Morgan fingerprint density at radius 1 is 0.897 bits per heavy atom. The molecule has 0 spiro atoms. The quantitative estimate of drug-likeness (QED) is 0.558. The van der Waals surface area contributed by atoms with Crippen molar-refractivity contribution in [1.82, 2.24) is 19.7 Å². The molecule has 1 saturated heterocycles.